The molecule has 16 heavy (non-hydrogen) atoms. The number of aryl methyl sites for hydroxylation is 1. The number of aliphatic imine (C=N–C) groups is 1. The second-order valence-electron chi connectivity index (χ2n) is 3.58. The van der Waals surface area contributed by atoms with E-state index >= 15 is 0 Å². The maximum absolute atomic E-state index is 11.7. The highest BCUT2D eigenvalue weighted by atomic mass is 16.3. The van der Waals surface area contributed by atoms with Crippen molar-refractivity contribution in [1.29, 1.82) is 0 Å². The maximum Gasteiger partial charge on any atom is 0.350 e. The molecule has 0 aliphatic carbocycles. The standard InChI is InChI=1S/C11H12N2O3/c1-3-13-10(14)9(12-11(13)15)6-8-5-4-7(2)16-8/h4-5H,3,6H2,1-2H3. The van der Waals surface area contributed by atoms with Crippen LogP contribution in [0.25, 0.3) is 0 Å². The fourth-order valence-corrected chi connectivity index (χ4v) is 1.61. The molecular formula is C11H12N2O3. The molecule has 0 unspecified atom stereocenters. The third kappa shape index (κ3) is 1.76. The van der Waals surface area contributed by atoms with E-state index < -0.39 is 6.03 Å². The first-order valence-corrected chi connectivity index (χ1v) is 5.10. The lowest BCUT2D eigenvalue weighted by Crippen LogP contribution is -2.32. The van der Waals surface area contributed by atoms with Gasteiger partial charge in [-0.05, 0) is 26.0 Å². The van der Waals surface area contributed by atoms with Crippen molar-refractivity contribution in [2.75, 3.05) is 6.54 Å². The van der Waals surface area contributed by atoms with Crippen LogP contribution in [-0.4, -0.2) is 29.1 Å². The minimum absolute atomic E-state index is 0.251. The Bertz CT molecular complexity index is 473. The second kappa shape index (κ2) is 3.92. The highest BCUT2D eigenvalue weighted by molar-refractivity contribution is 6.46. The number of carbonyl (C=O) groups is 2. The van der Waals surface area contributed by atoms with Gasteiger partial charge in [0.1, 0.15) is 17.2 Å². The summed E-state index contributed by atoms with van der Waals surface area (Å²) in [5, 5.41) is 0. The van der Waals surface area contributed by atoms with Crippen molar-refractivity contribution in [3.63, 3.8) is 0 Å². The SMILES string of the molecule is CCN1C(=O)N=C(Cc2ccc(C)o2)C1=O. The molecule has 0 saturated carbocycles. The van der Waals surface area contributed by atoms with Crippen LogP contribution in [-0.2, 0) is 11.2 Å². The van der Waals surface area contributed by atoms with Gasteiger partial charge in [-0.2, -0.15) is 4.99 Å². The fourth-order valence-electron chi connectivity index (χ4n) is 1.61. The quantitative estimate of drug-likeness (QED) is 0.776. The summed E-state index contributed by atoms with van der Waals surface area (Å²) in [7, 11) is 0. The third-order valence-corrected chi connectivity index (χ3v) is 2.41. The van der Waals surface area contributed by atoms with Crippen LogP contribution >= 0.6 is 0 Å². The zero-order valence-corrected chi connectivity index (χ0v) is 9.19. The number of amides is 3. The molecule has 0 radical (unpaired) electrons. The largest absolute Gasteiger partial charge is 0.466 e. The number of hydrogen-bond donors (Lipinski definition) is 0. The Morgan fingerprint density at radius 3 is 2.62 bits per heavy atom. The van der Waals surface area contributed by atoms with Gasteiger partial charge in [0.15, 0.2) is 0 Å². The topological polar surface area (TPSA) is 62.9 Å². The zero-order chi connectivity index (χ0) is 11.7. The molecule has 0 atom stereocenters. The third-order valence-electron chi connectivity index (χ3n) is 2.41. The Balaban J connectivity index is 2.15. The number of rotatable bonds is 3. The van der Waals surface area contributed by atoms with Crippen LogP contribution in [0.4, 0.5) is 4.79 Å². The number of carbonyl (C=O) groups excluding carboxylic acids is 2. The minimum atomic E-state index is -0.481. The van der Waals surface area contributed by atoms with Gasteiger partial charge in [-0.3, -0.25) is 9.69 Å². The Labute approximate surface area is 92.8 Å². The van der Waals surface area contributed by atoms with E-state index in [9.17, 15) is 9.59 Å². The fraction of sp³-hybridized carbons (Fsp3) is 0.364. The van der Waals surface area contributed by atoms with E-state index in [0.717, 1.165) is 10.7 Å². The van der Waals surface area contributed by atoms with Crippen LogP contribution < -0.4 is 0 Å². The number of nitrogens with zero attached hydrogens (tertiary/aromatic N) is 2. The first-order chi connectivity index (χ1) is 7.61. The number of urea groups is 1. The van der Waals surface area contributed by atoms with Gasteiger partial charge >= 0.3 is 6.03 Å². The molecule has 0 saturated heterocycles. The van der Waals surface area contributed by atoms with Gasteiger partial charge in [0.25, 0.3) is 5.91 Å². The van der Waals surface area contributed by atoms with Crippen molar-refractivity contribution >= 4 is 17.6 Å². The molecule has 1 aromatic heterocycles. The molecule has 2 heterocycles. The van der Waals surface area contributed by atoms with E-state index in [1.54, 1.807) is 13.0 Å². The van der Waals surface area contributed by atoms with Crippen LogP contribution in [0, 0.1) is 6.92 Å². The van der Waals surface area contributed by atoms with Gasteiger partial charge in [0, 0.05) is 6.54 Å². The summed E-state index contributed by atoms with van der Waals surface area (Å²) in [6.07, 6.45) is 0.273. The Morgan fingerprint density at radius 1 is 1.38 bits per heavy atom. The van der Waals surface area contributed by atoms with Gasteiger partial charge < -0.3 is 4.42 Å². The first-order valence-electron chi connectivity index (χ1n) is 5.10. The van der Waals surface area contributed by atoms with Crippen molar-refractivity contribution in [3.05, 3.63) is 23.7 Å². The highest BCUT2D eigenvalue weighted by Crippen LogP contribution is 2.13. The van der Waals surface area contributed by atoms with E-state index in [2.05, 4.69) is 4.99 Å². The zero-order valence-electron chi connectivity index (χ0n) is 9.19. The van der Waals surface area contributed by atoms with Gasteiger partial charge in [-0.25, -0.2) is 4.79 Å². The van der Waals surface area contributed by atoms with Gasteiger partial charge in [-0.15, -0.1) is 0 Å². The summed E-state index contributed by atoms with van der Waals surface area (Å²) in [4.78, 5) is 27.8. The Kier molecular flexibility index (Phi) is 2.60. The molecule has 0 bridgehead atoms. The molecule has 0 N–H and O–H groups in total. The van der Waals surface area contributed by atoms with E-state index in [-0.39, 0.29) is 18.0 Å². The molecule has 1 aliphatic rings. The number of furan rings is 1. The molecule has 0 fully saturated rings. The molecule has 3 amide bonds. The summed E-state index contributed by atoms with van der Waals surface area (Å²) in [5.74, 6) is 1.11. The molecule has 2 rings (SSSR count). The lowest BCUT2D eigenvalue weighted by atomic mass is 10.2. The predicted octanol–water partition coefficient (Wildman–Crippen LogP) is 1.55. The normalized spacial score (nSPS) is 15.9. The lowest BCUT2D eigenvalue weighted by Gasteiger charge is -2.07. The monoisotopic (exact) mass is 220 g/mol. The van der Waals surface area contributed by atoms with E-state index in [4.69, 9.17) is 4.42 Å². The summed E-state index contributed by atoms with van der Waals surface area (Å²) in [6, 6.07) is 3.12. The van der Waals surface area contributed by atoms with Crippen LogP contribution in [0.3, 0.4) is 0 Å². The van der Waals surface area contributed by atoms with Crippen molar-refractivity contribution in [2.45, 2.75) is 20.3 Å². The smallest absolute Gasteiger partial charge is 0.350 e. The predicted molar refractivity (Wildman–Crippen MR) is 57.4 cm³/mol. The van der Waals surface area contributed by atoms with E-state index in [0.29, 0.717) is 12.3 Å². The Hall–Kier alpha value is -1.91. The summed E-state index contributed by atoms with van der Waals surface area (Å²) >= 11 is 0. The average molecular weight is 220 g/mol. The van der Waals surface area contributed by atoms with Gasteiger partial charge in [0.2, 0.25) is 0 Å². The maximum atomic E-state index is 11.7. The average Bonchev–Trinajstić information content (AvgIpc) is 2.74. The molecule has 1 aromatic rings. The molecule has 5 nitrogen and oxygen atoms in total. The van der Waals surface area contributed by atoms with Gasteiger partial charge in [-0.1, -0.05) is 0 Å². The molecule has 0 spiro atoms. The van der Waals surface area contributed by atoms with Crippen LogP contribution in [0.15, 0.2) is 21.5 Å². The van der Waals surface area contributed by atoms with Crippen molar-refractivity contribution in [3.8, 4) is 0 Å². The summed E-state index contributed by atoms with van der Waals surface area (Å²) in [6.45, 7) is 3.92. The lowest BCUT2D eigenvalue weighted by molar-refractivity contribution is -0.120. The molecule has 84 valence electrons. The summed E-state index contributed by atoms with van der Waals surface area (Å²) in [5.41, 5.74) is 0.251. The van der Waals surface area contributed by atoms with Crippen molar-refractivity contribution < 1.29 is 14.0 Å². The minimum Gasteiger partial charge on any atom is -0.466 e. The van der Waals surface area contributed by atoms with Crippen LogP contribution in [0.5, 0.6) is 0 Å². The van der Waals surface area contributed by atoms with Crippen molar-refractivity contribution in [1.82, 2.24) is 4.90 Å². The van der Waals surface area contributed by atoms with E-state index in [1.165, 1.54) is 0 Å². The first kappa shape index (κ1) is 10.6. The summed E-state index contributed by atoms with van der Waals surface area (Å²) < 4.78 is 5.34. The Morgan fingerprint density at radius 2 is 2.12 bits per heavy atom. The van der Waals surface area contributed by atoms with Gasteiger partial charge in [0.05, 0.1) is 6.42 Å². The molecule has 0 aromatic carbocycles. The van der Waals surface area contributed by atoms with Crippen molar-refractivity contribution in [2.24, 2.45) is 4.99 Å². The molecular weight excluding hydrogens is 208 g/mol. The number of imide groups is 1. The second-order valence-corrected chi connectivity index (χ2v) is 3.58. The van der Waals surface area contributed by atoms with Crippen LogP contribution in [0.1, 0.15) is 18.4 Å². The van der Waals surface area contributed by atoms with E-state index in [1.807, 2.05) is 13.0 Å². The highest BCUT2D eigenvalue weighted by Gasteiger charge is 2.31. The number of hydrogen-bond acceptors (Lipinski definition) is 3. The molecule has 1 aliphatic heterocycles. The molecule has 5 heteroatoms. The van der Waals surface area contributed by atoms with Crippen LogP contribution in [0.2, 0.25) is 0 Å².